The topological polar surface area (TPSA) is 17.8 Å². The zero-order valence-electron chi connectivity index (χ0n) is 11.4. The SMILES string of the molecule is ClCc1nc2cc(Br)ccc2n1C1Cc2ccccc2C1. The lowest BCUT2D eigenvalue weighted by Crippen LogP contribution is -2.11. The average Bonchev–Trinajstić information content (AvgIpc) is 3.06. The first kappa shape index (κ1) is 13.4. The van der Waals surface area contributed by atoms with Gasteiger partial charge in [-0.2, -0.15) is 0 Å². The molecule has 4 heteroatoms. The highest BCUT2D eigenvalue weighted by Gasteiger charge is 2.25. The number of hydrogen-bond acceptors (Lipinski definition) is 1. The smallest absolute Gasteiger partial charge is 0.125 e. The van der Waals surface area contributed by atoms with E-state index in [0.717, 1.165) is 28.7 Å². The highest BCUT2D eigenvalue weighted by molar-refractivity contribution is 9.10. The zero-order chi connectivity index (χ0) is 14.4. The lowest BCUT2D eigenvalue weighted by Gasteiger charge is -2.15. The number of nitrogens with zero attached hydrogens (tertiary/aromatic N) is 2. The fourth-order valence-corrected chi connectivity index (χ4v) is 3.88. The van der Waals surface area contributed by atoms with Gasteiger partial charge < -0.3 is 4.57 Å². The van der Waals surface area contributed by atoms with Gasteiger partial charge in [0.05, 0.1) is 16.9 Å². The van der Waals surface area contributed by atoms with Gasteiger partial charge in [-0.3, -0.25) is 0 Å². The summed E-state index contributed by atoms with van der Waals surface area (Å²) in [6, 6.07) is 15.4. The molecule has 0 aliphatic heterocycles. The van der Waals surface area contributed by atoms with Crippen LogP contribution < -0.4 is 0 Å². The maximum absolute atomic E-state index is 6.14. The van der Waals surface area contributed by atoms with Gasteiger partial charge in [0.1, 0.15) is 5.82 Å². The summed E-state index contributed by atoms with van der Waals surface area (Å²) in [5, 5.41) is 0. The van der Waals surface area contributed by atoms with Crippen molar-refractivity contribution in [2.45, 2.75) is 24.8 Å². The maximum atomic E-state index is 6.14. The van der Waals surface area contributed by atoms with Gasteiger partial charge in [0.2, 0.25) is 0 Å². The van der Waals surface area contributed by atoms with E-state index < -0.39 is 0 Å². The van der Waals surface area contributed by atoms with Gasteiger partial charge in [-0.15, -0.1) is 11.6 Å². The first-order valence-corrected chi connectivity index (χ1v) is 8.38. The fraction of sp³-hybridized carbons (Fsp3) is 0.235. The molecule has 1 heterocycles. The van der Waals surface area contributed by atoms with Crippen LogP contribution >= 0.6 is 27.5 Å². The summed E-state index contributed by atoms with van der Waals surface area (Å²) in [5.41, 5.74) is 5.08. The standard InChI is InChI=1S/C17H14BrClN2/c18-13-5-6-16-15(9-13)20-17(10-19)21(16)14-7-11-3-1-2-4-12(11)8-14/h1-6,9,14H,7-8,10H2. The summed E-state index contributed by atoms with van der Waals surface area (Å²) in [6.45, 7) is 0. The summed E-state index contributed by atoms with van der Waals surface area (Å²) in [7, 11) is 0. The number of alkyl halides is 1. The van der Waals surface area contributed by atoms with Crippen molar-refractivity contribution in [3.8, 4) is 0 Å². The molecule has 1 aromatic heterocycles. The number of halogens is 2. The fourth-order valence-electron chi connectivity index (χ4n) is 3.34. The third kappa shape index (κ3) is 2.19. The minimum Gasteiger partial charge on any atom is -0.323 e. The van der Waals surface area contributed by atoms with Crippen molar-refractivity contribution in [1.29, 1.82) is 0 Å². The van der Waals surface area contributed by atoms with Crippen LogP contribution in [0.4, 0.5) is 0 Å². The molecule has 1 aliphatic carbocycles. The molecule has 3 aromatic rings. The third-order valence-electron chi connectivity index (χ3n) is 4.24. The summed E-state index contributed by atoms with van der Waals surface area (Å²) >= 11 is 9.65. The Morgan fingerprint density at radius 3 is 2.52 bits per heavy atom. The highest BCUT2D eigenvalue weighted by Crippen LogP contribution is 2.34. The van der Waals surface area contributed by atoms with E-state index in [2.05, 4.69) is 63.0 Å². The highest BCUT2D eigenvalue weighted by atomic mass is 79.9. The van der Waals surface area contributed by atoms with E-state index in [1.54, 1.807) is 0 Å². The van der Waals surface area contributed by atoms with Crippen LogP contribution in [0.1, 0.15) is 23.0 Å². The van der Waals surface area contributed by atoms with Crippen LogP contribution in [0.3, 0.4) is 0 Å². The number of imidazole rings is 1. The van der Waals surface area contributed by atoms with E-state index in [-0.39, 0.29) is 0 Å². The van der Waals surface area contributed by atoms with E-state index in [1.807, 2.05) is 0 Å². The van der Waals surface area contributed by atoms with E-state index in [0.29, 0.717) is 11.9 Å². The minimum absolute atomic E-state index is 0.419. The Bertz CT molecular complexity index is 800. The van der Waals surface area contributed by atoms with Crippen molar-refractivity contribution in [1.82, 2.24) is 9.55 Å². The Hall–Kier alpha value is -1.32. The maximum Gasteiger partial charge on any atom is 0.125 e. The Kier molecular flexibility index (Phi) is 3.27. The number of rotatable bonds is 2. The average molecular weight is 362 g/mol. The Balaban J connectivity index is 1.84. The van der Waals surface area contributed by atoms with E-state index in [4.69, 9.17) is 16.6 Å². The molecule has 0 radical (unpaired) electrons. The second-order valence-corrected chi connectivity index (χ2v) is 6.68. The molecule has 0 fully saturated rings. The van der Waals surface area contributed by atoms with E-state index in [9.17, 15) is 0 Å². The van der Waals surface area contributed by atoms with Gasteiger partial charge in [-0.05, 0) is 42.2 Å². The summed E-state index contributed by atoms with van der Waals surface area (Å²) < 4.78 is 3.38. The molecule has 21 heavy (non-hydrogen) atoms. The van der Waals surface area contributed by atoms with Crippen molar-refractivity contribution in [3.05, 3.63) is 63.9 Å². The molecule has 0 atom stereocenters. The quantitative estimate of drug-likeness (QED) is 0.595. The number of benzene rings is 2. The molecule has 1 aliphatic rings. The summed E-state index contributed by atoms with van der Waals surface area (Å²) in [5.74, 6) is 1.40. The van der Waals surface area contributed by atoms with Crippen molar-refractivity contribution in [3.63, 3.8) is 0 Å². The van der Waals surface area contributed by atoms with Crippen LogP contribution in [-0.4, -0.2) is 9.55 Å². The number of fused-ring (bicyclic) bond motifs is 2. The minimum atomic E-state index is 0.419. The largest absolute Gasteiger partial charge is 0.323 e. The Labute approximate surface area is 136 Å². The molecule has 0 spiro atoms. The predicted molar refractivity (Wildman–Crippen MR) is 89.9 cm³/mol. The molecule has 2 nitrogen and oxygen atoms in total. The van der Waals surface area contributed by atoms with Crippen LogP contribution in [-0.2, 0) is 18.7 Å². The van der Waals surface area contributed by atoms with Gasteiger partial charge in [-0.25, -0.2) is 4.98 Å². The lowest BCUT2D eigenvalue weighted by molar-refractivity contribution is 0.528. The molecule has 106 valence electrons. The number of aromatic nitrogens is 2. The second kappa shape index (κ2) is 5.15. The summed E-state index contributed by atoms with van der Waals surface area (Å²) in [4.78, 5) is 4.70. The molecule has 0 amide bonds. The molecule has 0 N–H and O–H groups in total. The monoisotopic (exact) mass is 360 g/mol. The van der Waals surface area contributed by atoms with Crippen LogP contribution in [0.5, 0.6) is 0 Å². The normalized spacial score (nSPS) is 14.8. The predicted octanol–water partition coefficient (Wildman–Crippen LogP) is 4.88. The van der Waals surface area contributed by atoms with Crippen molar-refractivity contribution < 1.29 is 0 Å². The van der Waals surface area contributed by atoms with E-state index >= 15 is 0 Å². The van der Waals surface area contributed by atoms with Gasteiger partial charge in [-0.1, -0.05) is 40.2 Å². The Morgan fingerprint density at radius 2 is 1.86 bits per heavy atom. The zero-order valence-corrected chi connectivity index (χ0v) is 13.7. The van der Waals surface area contributed by atoms with Crippen molar-refractivity contribution >= 4 is 38.6 Å². The molecular formula is C17H14BrClN2. The van der Waals surface area contributed by atoms with E-state index in [1.165, 1.54) is 16.6 Å². The first-order chi connectivity index (χ1) is 10.3. The molecule has 4 rings (SSSR count). The molecule has 0 saturated carbocycles. The van der Waals surface area contributed by atoms with Crippen molar-refractivity contribution in [2.75, 3.05) is 0 Å². The van der Waals surface area contributed by atoms with Crippen LogP contribution in [0.25, 0.3) is 11.0 Å². The molecule has 0 unspecified atom stereocenters. The molecule has 2 aromatic carbocycles. The van der Waals surface area contributed by atoms with Crippen molar-refractivity contribution in [2.24, 2.45) is 0 Å². The summed E-state index contributed by atoms with van der Waals surface area (Å²) in [6.07, 6.45) is 2.11. The van der Waals surface area contributed by atoms with Crippen LogP contribution in [0.2, 0.25) is 0 Å². The second-order valence-electron chi connectivity index (χ2n) is 5.50. The number of hydrogen-bond donors (Lipinski definition) is 0. The van der Waals surface area contributed by atoms with Gasteiger partial charge in [0.15, 0.2) is 0 Å². The third-order valence-corrected chi connectivity index (χ3v) is 4.97. The first-order valence-electron chi connectivity index (χ1n) is 7.05. The molecular weight excluding hydrogens is 348 g/mol. The molecule has 0 bridgehead atoms. The van der Waals surface area contributed by atoms with Gasteiger partial charge >= 0.3 is 0 Å². The lowest BCUT2D eigenvalue weighted by atomic mass is 10.1. The molecule has 0 saturated heterocycles. The van der Waals surface area contributed by atoms with Crippen LogP contribution in [0, 0.1) is 0 Å². The Morgan fingerprint density at radius 1 is 1.14 bits per heavy atom. The van der Waals surface area contributed by atoms with Crippen LogP contribution in [0.15, 0.2) is 46.9 Å². The van der Waals surface area contributed by atoms with Gasteiger partial charge in [0, 0.05) is 10.5 Å². The van der Waals surface area contributed by atoms with Gasteiger partial charge in [0.25, 0.3) is 0 Å².